The number of ether oxygens (including phenoxy) is 1. The number of nitro benzene ring substituents is 1. The average molecular weight is 276 g/mol. The number of nitrogens with two attached hydrogens (primary N) is 1. The molecule has 0 heterocycles. The van der Waals surface area contributed by atoms with Crippen molar-refractivity contribution in [3.63, 3.8) is 0 Å². The van der Waals surface area contributed by atoms with Crippen molar-refractivity contribution < 1.29 is 14.1 Å². The number of aryl methyl sites for hydroxylation is 1. The quantitative estimate of drug-likeness (QED) is 0.686. The fourth-order valence-electron chi connectivity index (χ4n) is 1.81. The molecule has 0 amide bonds. The molecule has 2 aromatic rings. The summed E-state index contributed by atoms with van der Waals surface area (Å²) in [4.78, 5) is 10.2. The first-order chi connectivity index (χ1) is 9.52. The van der Waals surface area contributed by atoms with Crippen LogP contribution in [0.1, 0.15) is 11.1 Å². The van der Waals surface area contributed by atoms with E-state index in [0.717, 1.165) is 17.2 Å². The molecule has 0 saturated carbocycles. The van der Waals surface area contributed by atoms with Crippen molar-refractivity contribution in [3.05, 3.63) is 63.5 Å². The van der Waals surface area contributed by atoms with Gasteiger partial charge >= 0.3 is 5.69 Å². The molecule has 0 fully saturated rings. The molecule has 6 heteroatoms. The van der Waals surface area contributed by atoms with Crippen molar-refractivity contribution in [2.75, 3.05) is 0 Å². The third kappa shape index (κ3) is 2.75. The number of para-hydroxylation sites is 1. The van der Waals surface area contributed by atoms with E-state index in [4.69, 9.17) is 10.5 Å². The highest BCUT2D eigenvalue weighted by atomic mass is 19.1. The Bertz CT molecular complexity index is 659. The van der Waals surface area contributed by atoms with Gasteiger partial charge in [0.1, 0.15) is 5.75 Å². The van der Waals surface area contributed by atoms with E-state index in [2.05, 4.69) is 0 Å². The number of hydrogen-bond acceptors (Lipinski definition) is 4. The van der Waals surface area contributed by atoms with Crippen molar-refractivity contribution in [2.45, 2.75) is 13.5 Å². The van der Waals surface area contributed by atoms with Crippen LogP contribution in [0.2, 0.25) is 0 Å². The molecule has 0 spiro atoms. The lowest BCUT2D eigenvalue weighted by Crippen LogP contribution is -1.99. The summed E-state index contributed by atoms with van der Waals surface area (Å²) in [6.07, 6.45) is 0. The largest absolute Gasteiger partial charge is 0.447 e. The Balaban J connectivity index is 2.42. The van der Waals surface area contributed by atoms with Gasteiger partial charge in [0, 0.05) is 12.6 Å². The van der Waals surface area contributed by atoms with Crippen LogP contribution in [0, 0.1) is 22.9 Å². The second-order valence-electron chi connectivity index (χ2n) is 4.25. The molecule has 2 rings (SSSR count). The Morgan fingerprint density at radius 3 is 2.70 bits per heavy atom. The predicted molar refractivity (Wildman–Crippen MR) is 72.2 cm³/mol. The zero-order valence-corrected chi connectivity index (χ0v) is 10.8. The molecule has 0 aliphatic heterocycles. The topological polar surface area (TPSA) is 78.4 Å². The third-order valence-electron chi connectivity index (χ3n) is 2.83. The summed E-state index contributed by atoms with van der Waals surface area (Å²) in [5.74, 6) is -0.807. The lowest BCUT2D eigenvalue weighted by atomic mass is 10.1. The van der Waals surface area contributed by atoms with Crippen molar-refractivity contribution in [3.8, 4) is 11.5 Å². The third-order valence-corrected chi connectivity index (χ3v) is 2.83. The maximum absolute atomic E-state index is 13.7. The van der Waals surface area contributed by atoms with Crippen molar-refractivity contribution >= 4 is 5.69 Å². The fourth-order valence-corrected chi connectivity index (χ4v) is 1.81. The van der Waals surface area contributed by atoms with E-state index in [0.29, 0.717) is 12.3 Å². The predicted octanol–water partition coefficient (Wildman–Crippen LogP) is 3.29. The molecule has 0 radical (unpaired) electrons. The van der Waals surface area contributed by atoms with E-state index < -0.39 is 16.4 Å². The van der Waals surface area contributed by atoms with Gasteiger partial charge in [-0.3, -0.25) is 10.1 Å². The van der Waals surface area contributed by atoms with Gasteiger partial charge in [0.25, 0.3) is 0 Å². The molecule has 0 aliphatic rings. The molecule has 0 aliphatic carbocycles. The zero-order valence-electron chi connectivity index (χ0n) is 10.8. The molecule has 0 unspecified atom stereocenters. The minimum atomic E-state index is -0.776. The maximum atomic E-state index is 13.7. The van der Waals surface area contributed by atoms with Crippen LogP contribution in [0.25, 0.3) is 0 Å². The van der Waals surface area contributed by atoms with Gasteiger partial charge < -0.3 is 10.5 Å². The highest BCUT2D eigenvalue weighted by Crippen LogP contribution is 2.35. The van der Waals surface area contributed by atoms with Gasteiger partial charge in [-0.1, -0.05) is 18.2 Å². The van der Waals surface area contributed by atoms with Gasteiger partial charge in [0.05, 0.1) is 4.92 Å². The van der Waals surface area contributed by atoms with Crippen LogP contribution in [0.15, 0.2) is 36.4 Å². The Morgan fingerprint density at radius 2 is 2.10 bits per heavy atom. The second kappa shape index (κ2) is 5.66. The van der Waals surface area contributed by atoms with Crippen LogP contribution in [0.5, 0.6) is 11.5 Å². The van der Waals surface area contributed by atoms with Gasteiger partial charge in [-0.2, -0.15) is 0 Å². The van der Waals surface area contributed by atoms with E-state index in [1.54, 1.807) is 25.1 Å². The van der Waals surface area contributed by atoms with Crippen LogP contribution in [-0.4, -0.2) is 4.92 Å². The van der Waals surface area contributed by atoms with E-state index in [1.165, 1.54) is 12.1 Å². The molecule has 0 atom stereocenters. The minimum absolute atomic E-state index is 0.357. The summed E-state index contributed by atoms with van der Waals surface area (Å²) in [6, 6.07) is 8.73. The van der Waals surface area contributed by atoms with Crippen molar-refractivity contribution in [2.24, 2.45) is 5.73 Å². The summed E-state index contributed by atoms with van der Waals surface area (Å²) >= 11 is 0. The Hall–Kier alpha value is -2.47. The van der Waals surface area contributed by atoms with Crippen LogP contribution in [0.3, 0.4) is 0 Å². The summed E-state index contributed by atoms with van der Waals surface area (Å²) < 4.78 is 19.1. The number of halogens is 1. The second-order valence-corrected chi connectivity index (χ2v) is 4.25. The number of nitrogens with zero attached hydrogens (tertiary/aromatic N) is 1. The first-order valence-electron chi connectivity index (χ1n) is 5.93. The maximum Gasteiger partial charge on any atom is 0.314 e. The number of hydrogen-bond donors (Lipinski definition) is 1. The van der Waals surface area contributed by atoms with Gasteiger partial charge in [-0.05, 0) is 30.2 Å². The monoisotopic (exact) mass is 276 g/mol. The summed E-state index contributed by atoms with van der Waals surface area (Å²) in [7, 11) is 0. The van der Waals surface area contributed by atoms with Crippen LogP contribution in [-0.2, 0) is 6.54 Å². The first-order valence-corrected chi connectivity index (χ1v) is 5.93. The molecular formula is C14H13FN2O3. The standard InChI is InChI=1S/C14H13FN2O3/c1-9-7-10(8-16)5-6-13(9)20-14-11(15)3-2-4-12(14)17(18)19/h2-7H,8,16H2,1H3. The average Bonchev–Trinajstić information content (AvgIpc) is 2.42. The molecule has 104 valence electrons. The van der Waals surface area contributed by atoms with Crippen molar-refractivity contribution in [1.29, 1.82) is 0 Å². The SMILES string of the molecule is Cc1cc(CN)ccc1Oc1c(F)cccc1[N+](=O)[O-]. The molecule has 20 heavy (non-hydrogen) atoms. The van der Waals surface area contributed by atoms with E-state index in [-0.39, 0.29) is 5.75 Å². The van der Waals surface area contributed by atoms with E-state index in [9.17, 15) is 14.5 Å². The number of nitro groups is 1. The normalized spacial score (nSPS) is 10.3. The summed E-state index contributed by atoms with van der Waals surface area (Å²) in [5, 5.41) is 10.9. The molecular weight excluding hydrogens is 263 g/mol. The molecule has 5 nitrogen and oxygen atoms in total. The number of benzene rings is 2. The molecule has 2 N–H and O–H groups in total. The van der Waals surface area contributed by atoms with Crippen LogP contribution >= 0.6 is 0 Å². The zero-order chi connectivity index (χ0) is 14.7. The van der Waals surface area contributed by atoms with Gasteiger partial charge in [0.15, 0.2) is 5.82 Å². The van der Waals surface area contributed by atoms with E-state index >= 15 is 0 Å². The van der Waals surface area contributed by atoms with Gasteiger partial charge in [-0.25, -0.2) is 4.39 Å². The van der Waals surface area contributed by atoms with Gasteiger partial charge in [0.2, 0.25) is 5.75 Å². The Kier molecular flexibility index (Phi) is 3.95. The Labute approximate surface area is 114 Å². The lowest BCUT2D eigenvalue weighted by molar-refractivity contribution is -0.385. The molecule has 2 aromatic carbocycles. The summed E-state index contributed by atoms with van der Waals surface area (Å²) in [6.45, 7) is 2.14. The Morgan fingerprint density at radius 1 is 1.35 bits per heavy atom. The number of rotatable bonds is 4. The van der Waals surface area contributed by atoms with Crippen molar-refractivity contribution in [1.82, 2.24) is 0 Å². The summed E-state index contributed by atoms with van der Waals surface area (Å²) in [5.41, 5.74) is 6.74. The highest BCUT2D eigenvalue weighted by Gasteiger charge is 2.20. The molecule has 0 aromatic heterocycles. The van der Waals surface area contributed by atoms with Crippen LogP contribution in [0.4, 0.5) is 10.1 Å². The minimum Gasteiger partial charge on any atom is -0.447 e. The lowest BCUT2D eigenvalue weighted by Gasteiger charge is -2.10. The highest BCUT2D eigenvalue weighted by molar-refractivity contribution is 5.50. The molecule has 0 bridgehead atoms. The van der Waals surface area contributed by atoms with Crippen LogP contribution < -0.4 is 10.5 Å². The smallest absolute Gasteiger partial charge is 0.314 e. The fraction of sp³-hybridized carbons (Fsp3) is 0.143. The molecule has 0 saturated heterocycles. The first kappa shape index (κ1) is 14.0. The van der Waals surface area contributed by atoms with Gasteiger partial charge in [-0.15, -0.1) is 0 Å². The van der Waals surface area contributed by atoms with E-state index in [1.807, 2.05) is 0 Å².